The van der Waals surface area contributed by atoms with Crippen LogP contribution in [-0.4, -0.2) is 19.5 Å². The highest BCUT2D eigenvalue weighted by Gasteiger charge is 2.19. The van der Waals surface area contributed by atoms with Gasteiger partial charge in [0.2, 0.25) is 0 Å². The molecule has 0 spiro atoms. The van der Waals surface area contributed by atoms with Gasteiger partial charge in [-0.05, 0) is 55.2 Å². The van der Waals surface area contributed by atoms with Crippen molar-refractivity contribution in [2.24, 2.45) is 0 Å². The van der Waals surface area contributed by atoms with Crippen LogP contribution in [0.2, 0.25) is 10.0 Å². The molecule has 6 nitrogen and oxygen atoms in total. The number of H-pyrrole nitrogens is 1. The summed E-state index contributed by atoms with van der Waals surface area (Å²) in [5.41, 5.74) is 2.28. The molecule has 0 saturated heterocycles. The second-order valence-electron chi connectivity index (χ2n) is 6.63. The maximum absolute atomic E-state index is 12.3. The molecule has 0 unspecified atom stereocenters. The van der Waals surface area contributed by atoms with E-state index in [1.807, 2.05) is 41.8 Å². The fraction of sp³-hybridized carbons (Fsp3) is 0.200. The zero-order valence-electron chi connectivity index (χ0n) is 15.0. The Morgan fingerprint density at radius 1 is 1.07 bits per heavy atom. The standard InChI is InChI=1S/C20H16Cl2N4O2/c1-11-9-15-16(10-14(11)22)26(8-2-3-12-4-6-13(21)7-5-12)18-17(23-15)19(27)25-20(28)24-18/h4-7,9-10H,2-3,8H2,1H3,(H,25,27,28). The van der Waals surface area contributed by atoms with Crippen molar-refractivity contribution >= 4 is 34.2 Å². The minimum absolute atomic E-state index is 0.139. The Hall–Kier alpha value is -2.70. The number of rotatable bonds is 4. The second kappa shape index (κ2) is 7.37. The summed E-state index contributed by atoms with van der Waals surface area (Å²) < 4.78 is 1.84. The Kier molecular flexibility index (Phi) is 4.91. The molecule has 8 heteroatoms. The number of aromatic nitrogens is 4. The first-order chi connectivity index (χ1) is 13.4. The van der Waals surface area contributed by atoms with Crippen molar-refractivity contribution in [1.29, 1.82) is 0 Å². The fourth-order valence-corrected chi connectivity index (χ4v) is 3.52. The number of fused-ring (bicyclic) bond motifs is 2. The summed E-state index contributed by atoms with van der Waals surface area (Å²) >= 11 is 12.2. The minimum atomic E-state index is -0.691. The van der Waals surface area contributed by atoms with Crippen LogP contribution in [-0.2, 0) is 13.0 Å². The molecule has 142 valence electrons. The van der Waals surface area contributed by atoms with Crippen molar-refractivity contribution in [2.45, 2.75) is 26.3 Å². The molecule has 28 heavy (non-hydrogen) atoms. The van der Waals surface area contributed by atoms with Crippen molar-refractivity contribution in [3.8, 4) is 11.5 Å². The molecule has 4 rings (SSSR count). The van der Waals surface area contributed by atoms with Crippen molar-refractivity contribution in [1.82, 2.24) is 19.5 Å². The van der Waals surface area contributed by atoms with Crippen LogP contribution in [0, 0.1) is 6.92 Å². The average Bonchev–Trinajstić information content (AvgIpc) is 2.65. The van der Waals surface area contributed by atoms with Crippen LogP contribution in [0.15, 0.2) is 46.0 Å². The highest BCUT2D eigenvalue weighted by molar-refractivity contribution is 6.32. The molecule has 0 bridgehead atoms. The van der Waals surface area contributed by atoms with Gasteiger partial charge in [0.1, 0.15) is 0 Å². The van der Waals surface area contributed by atoms with Gasteiger partial charge in [0.15, 0.2) is 11.5 Å². The average molecular weight is 415 g/mol. The summed E-state index contributed by atoms with van der Waals surface area (Å²) in [5, 5.41) is 1.29. The number of aryl methyl sites for hydroxylation is 3. The molecular weight excluding hydrogens is 399 g/mol. The topological polar surface area (TPSA) is 80.6 Å². The molecule has 0 saturated carbocycles. The number of hydrogen-bond acceptors (Lipinski definition) is 4. The van der Waals surface area contributed by atoms with Gasteiger partial charge in [-0.25, -0.2) is 9.78 Å². The van der Waals surface area contributed by atoms with Crippen LogP contribution in [0.25, 0.3) is 22.6 Å². The first-order valence-corrected chi connectivity index (χ1v) is 9.53. The Bertz CT molecular complexity index is 1260. The van der Waals surface area contributed by atoms with Crippen LogP contribution >= 0.6 is 23.2 Å². The van der Waals surface area contributed by atoms with Crippen LogP contribution < -0.4 is 11.2 Å². The zero-order valence-corrected chi connectivity index (χ0v) is 16.5. The van der Waals surface area contributed by atoms with Crippen LogP contribution in [0.3, 0.4) is 0 Å². The summed E-state index contributed by atoms with van der Waals surface area (Å²) in [6.45, 7) is 2.43. The van der Waals surface area contributed by atoms with Crippen molar-refractivity contribution in [3.05, 3.63) is 78.4 Å². The molecule has 2 heterocycles. The van der Waals surface area contributed by atoms with Gasteiger partial charge in [-0.2, -0.15) is 4.98 Å². The van der Waals surface area contributed by atoms with Gasteiger partial charge < -0.3 is 4.57 Å². The molecule has 2 aliphatic heterocycles. The van der Waals surface area contributed by atoms with E-state index in [9.17, 15) is 9.59 Å². The van der Waals surface area contributed by atoms with Crippen molar-refractivity contribution in [2.75, 3.05) is 0 Å². The lowest BCUT2D eigenvalue weighted by molar-refractivity contribution is 0.649. The largest absolute Gasteiger partial charge is 0.349 e. The van der Waals surface area contributed by atoms with Crippen molar-refractivity contribution < 1.29 is 0 Å². The number of halogens is 2. The number of nitrogens with zero attached hydrogens (tertiary/aromatic N) is 3. The summed E-state index contributed by atoms with van der Waals surface area (Å²) in [6, 6.07) is 11.3. The molecule has 0 radical (unpaired) electrons. The number of hydrogen-bond donors (Lipinski definition) is 1. The molecule has 0 fully saturated rings. The molecular formula is C20H16Cl2N4O2. The third kappa shape index (κ3) is 3.53. The molecule has 2 aliphatic rings. The summed E-state index contributed by atoms with van der Waals surface area (Å²) in [7, 11) is 0. The number of nitrogens with one attached hydrogen (secondary N) is 1. The van der Waals surface area contributed by atoms with E-state index in [2.05, 4.69) is 15.0 Å². The van der Waals surface area contributed by atoms with E-state index in [0.29, 0.717) is 22.1 Å². The maximum Gasteiger partial charge on any atom is 0.349 e. The SMILES string of the molecule is Cc1cc2nc3c(=O)[nH]c(=O)nc-3n(CCCc3ccc(Cl)cc3)c2cc1Cl. The van der Waals surface area contributed by atoms with E-state index < -0.39 is 11.2 Å². The van der Waals surface area contributed by atoms with E-state index in [1.165, 1.54) is 0 Å². The van der Waals surface area contributed by atoms with Gasteiger partial charge >= 0.3 is 5.69 Å². The second-order valence-corrected chi connectivity index (χ2v) is 7.47. The normalized spacial score (nSPS) is 11.4. The summed E-state index contributed by atoms with van der Waals surface area (Å²) in [5.74, 6) is 0.261. The Morgan fingerprint density at radius 2 is 1.82 bits per heavy atom. The Morgan fingerprint density at radius 3 is 2.57 bits per heavy atom. The quantitative estimate of drug-likeness (QED) is 0.514. The first-order valence-electron chi connectivity index (χ1n) is 8.77. The maximum atomic E-state index is 12.3. The Labute approximate surface area is 170 Å². The predicted molar refractivity (Wildman–Crippen MR) is 111 cm³/mol. The lowest BCUT2D eigenvalue weighted by Crippen LogP contribution is -2.29. The van der Waals surface area contributed by atoms with Crippen LogP contribution in [0.1, 0.15) is 17.5 Å². The number of aromatic amines is 1. The van der Waals surface area contributed by atoms with Gasteiger partial charge in [0.25, 0.3) is 5.56 Å². The molecule has 2 aromatic carbocycles. The molecule has 0 atom stereocenters. The van der Waals surface area contributed by atoms with Gasteiger partial charge in [-0.15, -0.1) is 0 Å². The smallest absolute Gasteiger partial charge is 0.322 e. The minimum Gasteiger partial charge on any atom is -0.322 e. The lowest BCUT2D eigenvalue weighted by atomic mass is 10.1. The van der Waals surface area contributed by atoms with E-state index in [1.54, 1.807) is 6.07 Å². The van der Waals surface area contributed by atoms with E-state index in [4.69, 9.17) is 23.2 Å². The highest BCUT2D eigenvalue weighted by atomic mass is 35.5. The lowest BCUT2D eigenvalue weighted by Gasteiger charge is -2.17. The van der Waals surface area contributed by atoms with E-state index in [0.717, 1.165) is 29.5 Å². The fourth-order valence-electron chi connectivity index (χ4n) is 3.24. The van der Waals surface area contributed by atoms with Gasteiger partial charge in [-0.1, -0.05) is 35.3 Å². The van der Waals surface area contributed by atoms with Gasteiger partial charge in [-0.3, -0.25) is 9.78 Å². The molecule has 2 aromatic rings. The molecule has 0 amide bonds. The summed E-state index contributed by atoms with van der Waals surface area (Å²) in [4.78, 5) is 34.7. The third-order valence-corrected chi connectivity index (χ3v) is 5.31. The van der Waals surface area contributed by atoms with Gasteiger partial charge in [0.05, 0.1) is 11.0 Å². The van der Waals surface area contributed by atoms with Crippen LogP contribution in [0.4, 0.5) is 0 Å². The number of benzene rings is 2. The molecule has 0 aromatic heterocycles. The summed E-state index contributed by atoms with van der Waals surface area (Å²) in [6.07, 6.45) is 1.58. The highest BCUT2D eigenvalue weighted by Crippen LogP contribution is 2.26. The van der Waals surface area contributed by atoms with E-state index >= 15 is 0 Å². The van der Waals surface area contributed by atoms with Crippen LogP contribution in [0.5, 0.6) is 0 Å². The van der Waals surface area contributed by atoms with Crippen molar-refractivity contribution in [3.63, 3.8) is 0 Å². The molecule has 1 N–H and O–H groups in total. The molecule has 0 aliphatic carbocycles. The predicted octanol–water partition coefficient (Wildman–Crippen LogP) is 3.83. The monoisotopic (exact) mass is 414 g/mol. The third-order valence-electron chi connectivity index (χ3n) is 4.65. The first kappa shape index (κ1) is 18.7. The Balaban J connectivity index is 1.81. The van der Waals surface area contributed by atoms with E-state index in [-0.39, 0.29) is 11.5 Å². The van der Waals surface area contributed by atoms with Gasteiger partial charge in [0, 0.05) is 16.6 Å². The zero-order chi connectivity index (χ0) is 19.8.